The van der Waals surface area contributed by atoms with Gasteiger partial charge >= 0.3 is 0 Å². The van der Waals surface area contributed by atoms with Crippen molar-refractivity contribution < 1.29 is 14.3 Å². The van der Waals surface area contributed by atoms with Gasteiger partial charge in [0.1, 0.15) is 0 Å². The predicted molar refractivity (Wildman–Crippen MR) is 111 cm³/mol. The third-order valence-electron chi connectivity index (χ3n) is 5.36. The van der Waals surface area contributed by atoms with Crippen molar-refractivity contribution >= 4 is 34.8 Å². The number of amides is 1. The van der Waals surface area contributed by atoms with E-state index >= 15 is 0 Å². The van der Waals surface area contributed by atoms with E-state index in [2.05, 4.69) is 13.2 Å². The molecule has 2 fully saturated rings. The largest absolute Gasteiger partial charge is 0.381 e. The first-order valence-electron chi connectivity index (χ1n) is 9.52. The van der Waals surface area contributed by atoms with E-state index in [4.69, 9.17) is 26.2 Å². The van der Waals surface area contributed by atoms with Gasteiger partial charge in [0.25, 0.3) is 5.91 Å². The van der Waals surface area contributed by atoms with Crippen LogP contribution in [-0.4, -0.2) is 60.1 Å². The highest BCUT2D eigenvalue weighted by Crippen LogP contribution is 2.45. The van der Waals surface area contributed by atoms with Gasteiger partial charge in [-0.05, 0) is 12.8 Å². The number of aromatic nitrogens is 2. The molecule has 0 atom stereocenters. The summed E-state index contributed by atoms with van der Waals surface area (Å²) >= 11 is 7.85. The monoisotopic (exact) mass is 421 g/mol. The van der Waals surface area contributed by atoms with Gasteiger partial charge in [-0.1, -0.05) is 30.8 Å². The molecule has 8 heteroatoms. The molecule has 0 aromatic carbocycles. The van der Waals surface area contributed by atoms with Crippen molar-refractivity contribution in [1.82, 2.24) is 14.7 Å². The first kappa shape index (κ1) is 19.8. The van der Waals surface area contributed by atoms with Crippen molar-refractivity contribution in [3.05, 3.63) is 46.1 Å². The minimum Gasteiger partial charge on any atom is -0.381 e. The fourth-order valence-electron chi connectivity index (χ4n) is 3.92. The van der Waals surface area contributed by atoms with Crippen molar-refractivity contribution in [2.75, 3.05) is 39.5 Å². The summed E-state index contributed by atoms with van der Waals surface area (Å²) in [5.74, 6) is 0.616. The smallest absolute Gasteiger partial charge is 0.274 e. The number of thioether (sulfide) groups is 1. The molecule has 4 heterocycles. The highest BCUT2D eigenvalue weighted by molar-refractivity contribution is 8.03. The normalized spacial score (nSPS) is 20.8. The summed E-state index contributed by atoms with van der Waals surface area (Å²) in [5, 5.41) is 5.34. The summed E-state index contributed by atoms with van der Waals surface area (Å²) in [5.41, 5.74) is 3.36. The molecule has 0 radical (unpaired) electrons. The zero-order valence-electron chi connectivity index (χ0n) is 15.8. The molecule has 0 spiro atoms. The lowest BCUT2D eigenvalue weighted by Gasteiger charge is -2.27. The van der Waals surface area contributed by atoms with Crippen LogP contribution in [0, 0.1) is 0 Å². The van der Waals surface area contributed by atoms with Crippen LogP contribution in [0.3, 0.4) is 0 Å². The van der Waals surface area contributed by atoms with E-state index in [1.807, 2.05) is 9.58 Å². The Bertz CT molecular complexity index is 836. The fourth-order valence-corrected chi connectivity index (χ4v) is 5.24. The number of halogens is 1. The summed E-state index contributed by atoms with van der Waals surface area (Å²) in [6.07, 6.45) is 3.54. The van der Waals surface area contributed by atoms with Gasteiger partial charge in [-0.15, -0.1) is 11.8 Å². The molecule has 150 valence electrons. The van der Waals surface area contributed by atoms with E-state index in [1.165, 1.54) is 0 Å². The average Bonchev–Trinajstić information content (AvgIpc) is 3.13. The van der Waals surface area contributed by atoms with Crippen LogP contribution in [0.1, 0.15) is 40.6 Å². The molecule has 1 aromatic heterocycles. The van der Waals surface area contributed by atoms with Crippen LogP contribution in [0.2, 0.25) is 0 Å². The highest BCUT2D eigenvalue weighted by atomic mass is 35.5. The SMILES string of the molecule is C=CC1=C(C(=C)Cl)SCc2c(C(=O)N3CCOCC3)nn(C3CCOCC3)c21. The molecule has 0 aliphatic carbocycles. The number of hydrogen-bond donors (Lipinski definition) is 0. The molecule has 28 heavy (non-hydrogen) atoms. The van der Waals surface area contributed by atoms with E-state index in [9.17, 15) is 4.79 Å². The number of carbonyl (C=O) groups excluding carboxylic acids is 1. The number of ether oxygens (including phenoxy) is 2. The molecule has 1 aromatic rings. The van der Waals surface area contributed by atoms with Gasteiger partial charge in [-0.25, -0.2) is 0 Å². The second kappa shape index (κ2) is 8.45. The van der Waals surface area contributed by atoms with E-state index in [-0.39, 0.29) is 11.9 Å². The number of rotatable bonds is 4. The Balaban J connectivity index is 1.82. The van der Waals surface area contributed by atoms with Gasteiger partial charge < -0.3 is 14.4 Å². The quantitative estimate of drug-likeness (QED) is 0.743. The zero-order chi connectivity index (χ0) is 19.7. The molecular weight excluding hydrogens is 398 g/mol. The Morgan fingerprint density at radius 1 is 1.21 bits per heavy atom. The van der Waals surface area contributed by atoms with E-state index in [0.717, 1.165) is 34.6 Å². The molecular formula is C20H24ClN3O3S. The van der Waals surface area contributed by atoms with E-state index in [0.29, 0.717) is 56.0 Å². The maximum Gasteiger partial charge on any atom is 0.274 e. The molecule has 3 aliphatic rings. The third kappa shape index (κ3) is 3.56. The molecule has 3 aliphatic heterocycles. The van der Waals surface area contributed by atoms with Gasteiger partial charge in [0.15, 0.2) is 5.69 Å². The second-order valence-electron chi connectivity index (χ2n) is 7.01. The molecule has 2 saturated heterocycles. The maximum atomic E-state index is 13.3. The number of morpholine rings is 1. The van der Waals surface area contributed by atoms with E-state index in [1.54, 1.807) is 17.8 Å². The molecule has 0 saturated carbocycles. The highest BCUT2D eigenvalue weighted by Gasteiger charge is 2.34. The number of hydrogen-bond acceptors (Lipinski definition) is 5. The Morgan fingerprint density at radius 2 is 1.89 bits per heavy atom. The van der Waals surface area contributed by atoms with E-state index < -0.39 is 0 Å². The third-order valence-corrected chi connectivity index (χ3v) is 6.85. The van der Waals surface area contributed by atoms with Crippen LogP contribution in [0.4, 0.5) is 0 Å². The van der Waals surface area contributed by atoms with Crippen LogP contribution in [-0.2, 0) is 15.2 Å². The minimum atomic E-state index is -0.0254. The van der Waals surface area contributed by atoms with Crippen LogP contribution in [0.25, 0.3) is 5.57 Å². The zero-order valence-corrected chi connectivity index (χ0v) is 17.4. The van der Waals surface area contributed by atoms with Crippen LogP contribution in [0.5, 0.6) is 0 Å². The standard InChI is InChI=1S/C20H24ClN3O3S/c1-3-15-18-16(12-28-19(15)13(2)21)17(20(25)23-6-10-27-11-7-23)22-24(18)14-4-8-26-9-5-14/h3,14H,1-2,4-12H2. The van der Waals surface area contributed by atoms with Gasteiger partial charge in [0, 0.05) is 53.1 Å². The van der Waals surface area contributed by atoms with Gasteiger partial charge in [0.05, 0.1) is 24.9 Å². The lowest BCUT2D eigenvalue weighted by atomic mass is 10.0. The number of nitrogens with zero attached hydrogens (tertiary/aromatic N) is 3. The van der Waals surface area contributed by atoms with Crippen molar-refractivity contribution in [2.24, 2.45) is 0 Å². The molecule has 6 nitrogen and oxygen atoms in total. The Morgan fingerprint density at radius 3 is 2.54 bits per heavy atom. The Hall–Kier alpha value is -1.54. The van der Waals surface area contributed by atoms with Crippen molar-refractivity contribution in [3.8, 4) is 0 Å². The fraction of sp³-hybridized carbons (Fsp3) is 0.500. The first-order chi connectivity index (χ1) is 13.6. The topological polar surface area (TPSA) is 56.6 Å². The van der Waals surface area contributed by atoms with Crippen LogP contribution < -0.4 is 0 Å². The molecule has 0 bridgehead atoms. The number of fused-ring (bicyclic) bond motifs is 1. The molecule has 0 N–H and O–H groups in total. The van der Waals surface area contributed by atoms with Crippen LogP contribution >= 0.6 is 23.4 Å². The predicted octanol–water partition coefficient (Wildman–Crippen LogP) is 3.60. The summed E-state index contributed by atoms with van der Waals surface area (Å²) in [4.78, 5) is 16.0. The first-order valence-corrected chi connectivity index (χ1v) is 10.9. The Labute approximate surface area is 174 Å². The average molecular weight is 422 g/mol. The molecule has 4 rings (SSSR count). The van der Waals surface area contributed by atoms with Gasteiger partial charge in [-0.3, -0.25) is 9.48 Å². The number of allylic oxidation sites excluding steroid dienone is 3. The molecule has 1 amide bonds. The summed E-state index contributed by atoms with van der Waals surface area (Å²) in [6.45, 7) is 11.6. The minimum absolute atomic E-state index is 0.0254. The van der Waals surface area contributed by atoms with Crippen molar-refractivity contribution in [2.45, 2.75) is 24.6 Å². The summed E-state index contributed by atoms with van der Waals surface area (Å²) < 4.78 is 12.9. The second-order valence-corrected chi connectivity index (χ2v) is 8.45. The molecule has 0 unspecified atom stereocenters. The van der Waals surface area contributed by atoms with Gasteiger partial charge in [0.2, 0.25) is 0 Å². The Kier molecular flexibility index (Phi) is 5.96. The van der Waals surface area contributed by atoms with Crippen molar-refractivity contribution in [1.29, 1.82) is 0 Å². The lowest BCUT2D eigenvalue weighted by Crippen LogP contribution is -2.41. The van der Waals surface area contributed by atoms with Crippen molar-refractivity contribution in [3.63, 3.8) is 0 Å². The number of carbonyl (C=O) groups is 1. The summed E-state index contributed by atoms with van der Waals surface area (Å²) in [6, 6.07) is 0.191. The van der Waals surface area contributed by atoms with Gasteiger partial charge in [-0.2, -0.15) is 5.10 Å². The van der Waals surface area contributed by atoms with Crippen LogP contribution in [0.15, 0.2) is 29.2 Å². The summed E-state index contributed by atoms with van der Waals surface area (Å²) in [7, 11) is 0. The lowest BCUT2D eigenvalue weighted by molar-refractivity contribution is 0.0296. The maximum absolute atomic E-state index is 13.3.